The van der Waals surface area contributed by atoms with E-state index in [-0.39, 0.29) is 23.4 Å². The summed E-state index contributed by atoms with van der Waals surface area (Å²) in [5.74, 6) is 0.530. The third-order valence-corrected chi connectivity index (χ3v) is 4.16. The van der Waals surface area contributed by atoms with E-state index in [1.54, 1.807) is 0 Å². The molecule has 1 atom stereocenters. The number of carbonyl (C=O) groups excluding carboxylic acids is 2. The summed E-state index contributed by atoms with van der Waals surface area (Å²) in [7, 11) is 0. The van der Waals surface area contributed by atoms with Crippen LogP contribution in [-0.4, -0.2) is 40.8 Å². The lowest BCUT2D eigenvalue weighted by Crippen LogP contribution is -2.36. The Kier molecular flexibility index (Phi) is 5.96. The first-order valence-electron chi connectivity index (χ1n) is 8.23. The van der Waals surface area contributed by atoms with Crippen molar-refractivity contribution in [2.75, 3.05) is 13.1 Å². The highest BCUT2D eigenvalue weighted by molar-refractivity contribution is 5.94. The lowest BCUT2D eigenvalue weighted by molar-refractivity contribution is -0.130. The molecular formula is C17H25N3O3. The number of aromatic nitrogens is 1. The van der Waals surface area contributed by atoms with Crippen molar-refractivity contribution in [3.05, 3.63) is 34.2 Å². The molecule has 126 valence electrons. The van der Waals surface area contributed by atoms with Crippen molar-refractivity contribution in [3.8, 4) is 0 Å². The molecule has 2 N–H and O–H groups in total. The molecule has 6 nitrogen and oxygen atoms in total. The molecule has 0 saturated carbocycles. The summed E-state index contributed by atoms with van der Waals surface area (Å²) in [6, 6.07) is 2.83. The topological polar surface area (TPSA) is 82.3 Å². The molecule has 2 amide bonds. The average molecular weight is 319 g/mol. The van der Waals surface area contributed by atoms with Gasteiger partial charge in [0.2, 0.25) is 11.5 Å². The number of likely N-dealkylation sites (tertiary alicyclic amines) is 1. The number of hydrogen-bond donors (Lipinski definition) is 2. The van der Waals surface area contributed by atoms with E-state index in [1.165, 1.54) is 18.3 Å². The van der Waals surface area contributed by atoms with Gasteiger partial charge < -0.3 is 15.2 Å². The fourth-order valence-corrected chi connectivity index (χ4v) is 2.65. The molecular weight excluding hydrogens is 294 g/mol. The van der Waals surface area contributed by atoms with Crippen molar-refractivity contribution in [2.45, 2.75) is 45.6 Å². The molecule has 0 aliphatic carbocycles. The smallest absolute Gasteiger partial charge is 0.252 e. The van der Waals surface area contributed by atoms with E-state index < -0.39 is 0 Å². The van der Waals surface area contributed by atoms with Crippen LogP contribution in [0.2, 0.25) is 0 Å². The summed E-state index contributed by atoms with van der Waals surface area (Å²) in [6.07, 6.45) is 4.30. The predicted octanol–water partition coefficient (Wildman–Crippen LogP) is 1.53. The van der Waals surface area contributed by atoms with E-state index in [2.05, 4.69) is 24.1 Å². The Hall–Kier alpha value is -2.11. The molecule has 1 saturated heterocycles. The number of hydrogen-bond acceptors (Lipinski definition) is 3. The quantitative estimate of drug-likeness (QED) is 0.863. The third-order valence-electron chi connectivity index (χ3n) is 4.16. The van der Waals surface area contributed by atoms with Crippen molar-refractivity contribution in [2.24, 2.45) is 5.92 Å². The number of H-pyrrole nitrogens is 1. The second-order valence-electron chi connectivity index (χ2n) is 6.50. The molecule has 2 rings (SSSR count). The van der Waals surface area contributed by atoms with Crippen LogP contribution < -0.4 is 10.9 Å². The van der Waals surface area contributed by atoms with Crippen molar-refractivity contribution in [1.82, 2.24) is 15.2 Å². The monoisotopic (exact) mass is 319 g/mol. The molecule has 2 heterocycles. The molecule has 1 unspecified atom stereocenters. The van der Waals surface area contributed by atoms with E-state index in [0.717, 1.165) is 19.4 Å². The van der Waals surface area contributed by atoms with Crippen molar-refractivity contribution in [3.63, 3.8) is 0 Å². The number of amides is 2. The fraction of sp³-hybridized carbons (Fsp3) is 0.588. The van der Waals surface area contributed by atoms with Crippen LogP contribution in [0.15, 0.2) is 23.1 Å². The molecule has 1 fully saturated rings. The minimum absolute atomic E-state index is 0.0116. The summed E-state index contributed by atoms with van der Waals surface area (Å²) in [6.45, 7) is 5.77. The molecule has 0 bridgehead atoms. The van der Waals surface area contributed by atoms with Crippen LogP contribution in [0.4, 0.5) is 0 Å². The molecule has 0 spiro atoms. The van der Waals surface area contributed by atoms with Gasteiger partial charge in [0.1, 0.15) is 0 Å². The summed E-state index contributed by atoms with van der Waals surface area (Å²) in [5.41, 5.74) is 0.194. The van der Waals surface area contributed by atoms with Crippen LogP contribution in [0.3, 0.4) is 0 Å². The maximum Gasteiger partial charge on any atom is 0.252 e. The Morgan fingerprint density at radius 2 is 2.13 bits per heavy atom. The van der Waals surface area contributed by atoms with Crippen LogP contribution in [0.1, 0.15) is 49.9 Å². The molecule has 0 aromatic carbocycles. The molecule has 1 aliphatic heterocycles. The Labute approximate surface area is 136 Å². The summed E-state index contributed by atoms with van der Waals surface area (Å²) < 4.78 is 0. The van der Waals surface area contributed by atoms with Gasteiger partial charge in [0, 0.05) is 37.8 Å². The van der Waals surface area contributed by atoms with Gasteiger partial charge in [-0.3, -0.25) is 14.4 Å². The number of carbonyl (C=O) groups is 2. The Bertz CT molecular complexity index is 589. The number of nitrogens with one attached hydrogen (secondary N) is 2. The van der Waals surface area contributed by atoms with Gasteiger partial charge in [0.25, 0.3) is 5.91 Å². The highest BCUT2D eigenvalue weighted by Gasteiger charge is 2.23. The summed E-state index contributed by atoms with van der Waals surface area (Å²) in [4.78, 5) is 39.8. The average Bonchev–Trinajstić information content (AvgIpc) is 2.68. The first-order chi connectivity index (χ1) is 11.0. The van der Waals surface area contributed by atoms with Crippen molar-refractivity contribution >= 4 is 11.8 Å². The summed E-state index contributed by atoms with van der Waals surface area (Å²) >= 11 is 0. The largest absolute Gasteiger partial charge is 0.349 e. The molecule has 0 radical (unpaired) electrons. The van der Waals surface area contributed by atoms with Gasteiger partial charge in [-0.05, 0) is 31.2 Å². The van der Waals surface area contributed by atoms with Gasteiger partial charge in [-0.2, -0.15) is 0 Å². The van der Waals surface area contributed by atoms with Crippen molar-refractivity contribution < 1.29 is 9.59 Å². The number of pyridine rings is 1. The molecule has 1 aromatic heterocycles. The molecule has 6 heteroatoms. The van der Waals surface area contributed by atoms with Crippen molar-refractivity contribution in [1.29, 1.82) is 0 Å². The van der Waals surface area contributed by atoms with Gasteiger partial charge >= 0.3 is 0 Å². The SMILES string of the molecule is CC(C)CCN1CCC(NC(=O)c2ccc(=O)[nH]c2)CCC1=O. The van der Waals surface area contributed by atoms with Crippen LogP contribution in [0.25, 0.3) is 0 Å². The van der Waals surface area contributed by atoms with E-state index >= 15 is 0 Å². The number of aromatic amines is 1. The van der Waals surface area contributed by atoms with E-state index in [1.807, 2.05) is 4.90 Å². The predicted molar refractivity (Wildman–Crippen MR) is 88.2 cm³/mol. The maximum atomic E-state index is 12.2. The Balaban J connectivity index is 1.89. The minimum Gasteiger partial charge on any atom is -0.349 e. The second kappa shape index (κ2) is 7.94. The number of nitrogens with zero attached hydrogens (tertiary/aromatic N) is 1. The van der Waals surface area contributed by atoms with Crippen LogP contribution >= 0.6 is 0 Å². The zero-order chi connectivity index (χ0) is 16.8. The van der Waals surface area contributed by atoms with Crippen LogP contribution in [0, 0.1) is 5.92 Å². The zero-order valence-corrected chi connectivity index (χ0v) is 13.8. The molecule has 23 heavy (non-hydrogen) atoms. The van der Waals surface area contributed by atoms with Gasteiger partial charge in [-0.1, -0.05) is 13.8 Å². The highest BCUT2D eigenvalue weighted by atomic mass is 16.2. The minimum atomic E-state index is -0.234. The lowest BCUT2D eigenvalue weighted by Gasteiger charge is -2.22. The summed E-state index contributed by atoms with van der Waals surface area (Å²) in [5, 5.41) is 2.96. The fourth-order valence-electron chi connectivity index (χ4n) is 2.65. The Morgan fingerprint density at radius 3 is 2.78 bits per heavy atom. The Morgan fingerprint density at radius 1 is 1.35 bits per heavy atom. The molecule has 1 aliphatic rings. The second-order valence-corrected chi connectivity index (χ2v) is 6.50. The first kappa shape index (κ1) is 17.2. The first-order valence-corrected chi connectivity index (χ1v) is 8.23. The van der Waals surface area contributed by atoms with Gasteiger partial charge in [-0.25, -0.2) is 0 Å². The van der Waals surface area contributed by atoms with E-state index in [4.69, 9.17) is 0 Å². The standard InChI is InChI=1S/C17H25N3O3/c1-12(2)7-9-20-10-8-14(4-6-16(20)22)19-17(23)13-3-5-15(21)18-11-13/h3,5,11-12,14H,4,6-10H2,1-2H3,(H,18,21)(H,19,23). The maximum absolute atomic E-state index is 12.2. The van der Waals surface area contributed by atoms with E-state index in [0.29, 0.717) is 30.9 Å². The highest BCUT2D eigenvalue weighted by Crippen LogP contribution is 2.14. The molecule has 1 aromatic rings. The number of rotatable bonds is 5. The van der Waals surface area contributed by atoms with Gasteiger partial charge in [-0.15, -0.1) is 0 Å². The van der Waals surface area contributed by atoms with Gasteiger partial charge in [0.05, 0.1) is 5.56 Å². The van der Waals surface area contributed by atoms with Gasteiger partial charge in [0.15, 0.2) is 0 Å². The third kappa shape index (κ3) is 5.23. The normalized spacial score (nSPS) is 18.8. The van der Waals surface area contributed by atoms with E-state index in [9.17, 15) is 14.4 Å². The van der Waals surface area contributed by atoms with Crippen LogP contribution in [-0.2, 0) is 4.79 Å². The zero-order valence-electron chi connectivity index (χ0n) is 13.8. The van der Waals surface area contributed by atoms with Crippen LogP contribution in [0.5, 0.6) is 0 Å². The lowest BCUT2D eigenvalue weighted by atomic mass is 10.1.